The van der Waals surface area contributed by atoms with E-state index in [0.29, 0.717) is 5.56 Å². The van der Waals surface area contributed by atoms with Crippen molar-refractivity contribution >= 4 is 46.5 Å². The molecule has 0 spiro atoms. The molecule has 1 fully saturated rings. The molecular weight excluding hydrogens is 424 g/mol. The highest BCUT2D eigenvalue weighted by atomic mass is 32.2. The molecule has 1 aromatic rings. The largest absolute Gasteiger partial charge is 0.353 e. The Morgan fingerprint density at radius 3 is 2.39 bits per heavy atom. The number of nitro benzene ring substituents is 1. The van der Waals surface area contributed by atoms with Gasteiger partial charge in [0.2, 0.25) is 11.8 Å². The van der Waals surface area contributed by atoms with Gasteiger partial charge in [0, 0.05) is 30.6 Å². The fourth-order valence-corrected chi connectivity index (χ4v) is 3.32. The molecule has 0 aliphatic carbocycles. The molecule has 2 N–H and O–H groups in total. The number of hydrogen-bond donors (Lipinski definition) is 2. The summed E-state index contributed by atoms with van der Waals surface area (Å²) in [5, 5.41) is 15.4. The van der Waals surface area contributed by atoms with E-state index in [-0.39, 0.29) is 29.6 Å². The van der Waals surface area contributed by atoms with Crippen molar-refractivity contribution in [1.29, 1.82) is 0 Å². The minimum atomic E-state index is -0.760. The van der Waals surface area contributed by atoms with Gasteiger partial charge in [-0.05, 0) is 42.5 Å². The van der Waals surface area contributed by atoms with Gasteiger partial charge < -0.3 is 10.6 Å². The highest BCUT2D eigenvalue weighted by Crippen LogP contribution is 2.32. The van der Waals surface area contributed by atoms with Crippen LogP contribution in [0.2, 0.25) is 0 Å². The number of nitro groups is 1. The summed E-state index contributed by atoms with van der Waals surface area (Å²) in [6.45, 7) is 6.77. The number of benzene rings is 1. The Hall–Kier alpha value is -3.21. The molecular formula is C20H24N4O6S. The Kier molecular flexibility index (Phi) is 7.55. The molecule has 1 aliphatic heterocycles. The van der Waals surface area contributed by atoms with Crippen LogP contribution in [0.3, 0.4) is 0 Å². The first-order valence-electron chi connectivity index (χ1n) is 9.48. The van der Waals surface area contributed by atoms with Crippen LogP contribution in [-0.4, -0.2) is 51.9 Å². The molecule has 10 nitrogen and oxygen atoms in total. The first kappa shape index (κ1) is 24.1. The lowest BCUT2D eigenvalue weighted by Crippen LogP contribution is -2.49. The van der Waals surface area contributed by atoms with Crippen molar-refractivity contribution in [2.75, 3.05) is 13.1 Å². The maximum Gasteiger partial charge on any atom is 0.293 e. The Bertz CT molecular complexity index is 936. The van der Waals surface area contributed by atoms with Crippen LogP contribution in [0.25, 0.3) is 6.08 Å². The topological polar surface area (TPSA) is 139 Å². The quantitative estimate of drug-likeness (QED) is 0.371. The Morgan fingerprint density at radius 1 is 1.23 bits per heavy atom. The van der Waals surface area contributed by atoms with Crippen LogP contribution < -0.4 is 10.6 Å². The van der Waals surface area contributed by atoms with Crippen molar-refractivity contribution in [3.8, 4) is 0 Å². The number of carbonyl (C=O) groups excluding carboxylic acids is 4. The van der Waals surface area contributed by atoms with E-state index in [1.165, 1.54) is 30.3 Å². The van der Waals surface area contributed by atoms with E-state index in [2.05, 4.69) is 10.6 Å². The van der Waals surface area contributed by atoms with Crippen LogP contribution in [0, 0.1) is 15.5 Å². The normalized spacial score (nSPS) is 16.4. The number of amides is 4. The Morgan fingerprint density at radius 2 is 1.84 bits per heavy atom. The van der Waals surface area contributed by atoms with Crippen LogP contribution in [0.1, 0.15) is 33.3 Å². The predicted octanol–water partition coefficient (Wildman–Crippen LogP) is 2.30. The first-order valence-corrected chi connectivity index (χ1v) is 10.3. The molecule has 31 heavy (non-hydrogen) atoms. The SMILES string of the molecule is CC(NC(=O)C(C)(C)C)C(=O)NCCN1C(=O)SC(=Cc2ccc([N+](=O)[O-])cc2)C1=O. The van der Waals surface area contributed by atoms with E-state index in [1.54, 1.807) is 27.7 Å². The molecule has 1 aromatic carbocycles. The zero-order chi connectivity index (χ0) is 23.3. The fraction of sp³-hybridized carbons (Fsp3) is 0.400. The zero-order valence-corrected chi connectivity index (χ0v) is 18.4. The lowest BCUT2D eigenvalue weighted by molar-refractivity contribution is -0.384. The summed E-state index contributed by atoms with van der Waals surface area (Å²) in [5.74, 6) is -1.19. The average Bonchev–Trinajstić information content (AvgIpc) is 2.94. The lowest BCUT2D eigenvalue weighted by atomic mass is 9.95. The smallest absolute Gasteiger partial charge is 0.293 e. The zero-order valence-electron chi connectivity index (χ0n) is 17.6. The third kappa shape index (κ3) is 6.38. The standard InChI is InChI=1S/C20H24N4O6S/c1-12(22-18(27)20(2,3)4)16(25)21-9-10-23-17(26)15(31-19(23)28)11-13-5-7-14(8-6-13)24(29)30/h5-8,11-12H,9-10H2,1-4H3,(H,21,25)(H,22,27). The minimum absolute atomic E-state index is 0.0199. The first-order chi connectivity index (χ1) is 14.4. The molecule has 0 bridgehead atoms. The van der Waals surface area contributed by atoms with Crippen molar-refractivity contribution in [3.05, 3.63) is 44.8 Å². The van der Waals surface area contributed by atoms with Crippen LogP contribution in [0.15, 0.2) is 29.2 Å². The number of nitrogens with zero attached hydrogens (tertiary/aromatic N) is 2. The third-order valence-corrected chi connectivity index (χ3v) is 5.24. The number of carbonyl (C=O) groups is 4. The van der Waals surface area contributed by atoms with Gasteiger partial charge in [0.25, 0.3) is 16.8 Å². The molecule has 1 atom stereocenters. The molecule has 1 saturated heterocycles. The molecule has 4 amide bonds. The van der Waals surface area contributed by atoms with Crippen molar-refractivity contribution in [3.63, 3.8) is 0 Å². The fourth-order valence-electron chi connectivity index (χ4n) is 2.46. The van der Waals surface area contributed by atoms with Gasteiger partial charge in [-0.3, -0.25) is 34.2 Å². The summed E-state index contributed by atoms with van der Waals surface area (Å²) in [7, 11) is 0. The maximum atomic E-state index is 12.5. The number of non-ortho nitro benzene ring substituents is 1. The van der Waals surface area contributed by atoms with Gasteiger partial charge >= 0.3 is 0 Å². The van der Waals surface area contributed by atoms with Crippen molar-refractivity contribution in [2.45, 2.75) is 33.7 Å². The van der Waals surface area contributed by atoms with E-state index in [4.69, 9.17) is 0 Å². The molecule has 1 unspecified atom stereocenters. The van der Waals surface area contributed by atoms with Crippen LogP contribution >= 0.6 is 11.8 Å². The van der Waals surface area contributed by atoms with E-state index >= 15 is 0 Å². The second-order valence-corrected chi connectivity index (χ2v) is 8.91. The van der Waals surface area contributed by atoms with Gasteiger partial charge in [-0.15, -0.1) is 0 Å². The summed E-state index contributed by atoms with van der Waals surface area (Å²) in [4.78, 5) is 60.2. The highest BCUT2D eigenvalue weighted by molar-refractivity contribution is 8.18. The number of nitrogens with one attached hydrogen (secondary N) is 2. The molecule has 0 saturated carbocycles. The van der Waals surface area contributed by atoms with Crippen LogP contribution in [-0.2, 0) is 14.4 Å². The van der Waals surface area contributed by atoms with E-state index in [1.807, 2.05) is 0 Å². The molecule has 0 radical (unpaired) electrons. The number of thioether (sulfide) groups is 1. The van der Waals surface area contributed by atoms with E-state index in [0.717, 1.165) is 16.7 Å². The summed E-state index contributed by atoms with van der Waals surface area (Å²) in [6.07, 6.45) is 1.48. The molecule has 1 aliphatic rings. The third-order valence-electron chi connectivity index (χ3n) is 4.33. The van der Waals surface area contributed by atoms with Crippen molar-refractivity contribution < 1.29 is 24.1 Å². The molecule has 11 heteroatoms. The van der Waals surface area contributed by atoms with Gasteiger partial charge in [0.15, 0.2) is 0 Å². The van der Waals surface area contributed by atoms with Crippen LogP contribution in [0.4, 0.5) is 10.5 Å². The second kappa shape index (κ2) is 9.73. The Labute approximate surface area is 183 Å². The monoisotopic (exact) mass is 448 g/mol. The maximum absolute atomic E-state index is 12.5. The molecule has 1 heterocycles. The van der Waals surface area contributed by atoms with Gasteiger partial charge in [0.1, 0.15) is 6.04 Å². The number of hydrogen-bond acceptors (Lipinski definition) is 7. The van der Waals surface area contributed by atoms with Crippen LogP contribution in [0.5, 0.6) is 0 Å². The van der Waals surface area contributed by atoms with E-state index < -0.39 is 33.4 Å². The molecule has 166 valence electrons. The van der Waals surface area contributed by atoms with Gasteiger partial charge in [-0.25, -0.2) is 0 Å². The van der Waals surface area contributed by atoms with Gasteiger partial charge in [-0.2, -0.15) is 0 Å². The predicted molar refractivity (Wildman–Crippen MR) is 116 cm³/mol. The summed E-state index contributed by atoms with van der Waals surface area (Å²) in [6, 6.07) is 4.83. The summed E-state index contributed by atoms with van der Waals surface area (Å²) in [5.41, 5.74) is -0.159. The van der Waals surface area contributed by atoms with Gasteiger partial charge in [-0.1, -0.05) is 20.8 Å². The Balaban J connectivity index is 1.91. The highest BCUT2D eigenvalue weighted by Gasteiger charge is 2.35. The average molecular weight is 449 g/mol. The summed E-state index contributed by atoms with van der Waals surface area (Å²) >= 11 is 0.758. The van der Waals surface area contributed by atoms with E-state index in [9.17, 15) is 29.3 Å². The molecule has 2 rings (SSSR count). The number of rotatable bonds is 7. The van der Waals surface area contributed by atoms with Crippen molar-refractivity contribution in [2.24, 2.45) is 5.41 Å². The second-order valence-electron chi connectivity index (χ2n) is 7.92. The molecule has 0 aromatic heterocycles. The van der Waals surface area contributed by atoms with Gasteiger partial charge in [0.05, 0.1) is 9.83 Å². The lowest BCUT2D eigenvalue weighted by Gasteiger charge is -2.21. The minimum Gasteiger partial charge on any atom is -0.353 e. The van der Waals surface area contributed by atoms with Crippen molar-refractivity contribution in [1.82, 2.24) is 15.5 Å². The number of imide groups is 1. The summed E-state index contributed by atoms with van der Waals surface area (Å²) < 4.78 is 0.